The Morgan fingerprint density at radius 3 is 2.60 bits per heavy atom. The molecule has 8 heteroatoms. The first-order chi connectivity index (χ1) is 6.84. The van der Waals surface area contributed by atoms with E-state index in [-0.39, 0.29) is 12.5 Å². The van der Waals surface area contributed by atoms with Crippen molar-refractivity contribution in [1.82, 2.24) is 14.5 Å². The third-order valence-corrected chi connectivity index (χ3v) is 3.34. The smallest absolute Gasteiger partial charge is 0.277 e. The van der Waals surface area contributed by atoms with Gasteiger partial charge < -0.3 is 10.2 Å². The van der Waals surface area contributed by atoms with Gasteiger partial charge in [0.05, 0.1) is 0 Å². The van der Waals surface area contributed by atoms with Crippen LogP contribution >= 0.6 is 0 Å². The maximum Gasteiger partial charge on any atom is 0.277 e. The van der Waals surface area contributed by atoms with Crippen molar-refractivity contribution in [2.45, 2.75) is 6.04 Å². The predicted octanol–water partition coefficient (Wildman–Crippen LogP) is -2.45. The first-order valence-electron chi connectivity index (χ1n) is 4.55. The standard InChI is InChI=1S/C7H16N4O3S/c1-10(2)7(12)6-5-9-3-4-11(6)15(8,13)14/h6,9H,3-5H2,1-2H3,(H2,8,13,14). The number of amides is 1. The molecular weight excluding hydrogens is 220 g/mol. The average molecular weight is 236 g/mol. The molecule has 1 saturated heterocycles. The molecule has 3 N–H and O–H groups in total. The number of hydrogen-bond donors (Lipinski definition) is 2. The molecule has 1 fully saturated rings. The molecule has 88 valence electrons. The largest absolute Gasteiger partial charge is 0.347 e. The predicted molar refractivity (Wildman–Crippen MR) is 55.2 cm³/mol. The molecule has 0 aliphatic carbocycles. The number of carbonyl (C=O) groups excluding carboxylic acids is 1. The van der Waals surface area contributed by atoms with Gasteiger partial charge in [-0.1, -0.05) is 0 Å². The van der Waals surface area contributed by atoms with Crippen LogP contribution in [0, 0.1) is 0 Å². The summed E-state index contributed by atoms with van der Waals surface area (Å²) in [5, 5.41) is 8.00. The fourth-order valence-electron chi connectivity index (χ4n) is 1.50. The highest BCUT2D eigenvalue weighted by Crippen LogP contribution is 2.08. The van der Waals surface area contributed by atoms with Crippen LogP contribution in [0.25, 0.3) is 0 Å². The van der Waals surface area contributed by atoms with E-state index in [2.05, 4.69) is 5.32 Å². The number of carbonyl (C=O) groups is 1. The molecule has 1 unspecified atom stereocenters. The van der Waals surface area contributed by atoms with Crippen LogP contribution < -0.4 is 10.5 Å². The lowest BCUT2D eigenvalue weighted by Gasteiger charge is -2.33. The van der Waals surface area contributed by atoms with Crippen LogP contribution in [0.3, 0.4) is 0 Å². The molecule has 1 heterocycles. The zero-order valence-corrected chi connectivity index (χ0v) is 9.62. The van der Waals surface area contributed by atoms with Gasteiger partial charge >= 0.3 is 0 Å². The van der Waals surface area contributed by atoms with E-state index < -0.39 is 16.3 Å². The van der Waals surface area contributed by atoms with Crippen LogP contribution in [0.15, 0.2) is 0 Å². The highest BCUT2D eigenvalue weighted by atomic mass is 32.2. The molecule has 7 nitrogen and oxygen atoms in total. The van der Waals surface area contributed by atoms with E-state index in [1.54, 1.807) is 14.1 Å². The van der Waals surface area contributed by atoms with Crippen molar-refractivity contribution < 1.29 is 13.2 Å². The van der Waals surface area contributed by atoms with Gasteiger partial charge in [0, 0.05) is 33.7 Å². The van der Waals surface area contributed by atoms with E-state index in [9.17, 15) is 13.2 Å². The van der Waals surface area contributed by atoms with E-state index in [0.29, 0.717) is 13.1 Å². The maximum atomic E-state index is 11.7. The van der Waals surface area contributed by atoms with Gasteiger partial charge in [0.15, 0.2) is 0 Å². The van der Waals surface area contributed by atoms with Crippen molar-refractivity contribution >= 4 is 16.1 Å². The summed E-state index contributed by atoms with van der Waals surface area (Å²) in [6.07, 6.45) is 0. The SMILES string of the molecule is CN(C)C(=O)C1CNCCN1S(N)(=O)=O. The number of nitrogens with two attached hydrogens (primary N) is 1. The lowest BCUT2D eigenvalue weighted by Crippen LogP contribution is -2.60. The van der Waals surface area contributed by atoms with Crippen LogP contribution in [-0.4, -0.2) is 63.3 Å². The van der Waals surface area contributed by atoms with Crippen molar-refractivity contribution in [1.29, 1.82) is 0 Å². The van der Waals surface area contributed by atoms with E-state index in [4.69, 9.17) is 5.14 Å². The van der Waals surface area contributed by atoms with E-state index >= 15 is 0 Å². The number of rotatable bonds is 2. The monoisotopic (exact) mass is 236 g/mol. The summed E-state index contributed by atoms with van der Waals surface area (Å²) in [4.78, 5) is 13.0. The quantitative estimate of drug-likeness (QED) is 0.556. The van der Waals surface area contributed by atoms with Crippen LogP contribution in [0.4, 0.5) is 0 Å². The van der Waals surface area contributed by atoms with E-state index in [1.807, 2.05) is 0 Å². The molecule has 1 amide bonds. The van der Waals surface area contributed by atoms with Gasteiger partial charge in [-0.2, -0.15) is 12.7 Å². The first-order valence-corrected chi connectivity index (χ1v) is 6.06. The molecule has 1 aliphatic rings. The first kappa shape index (κ1) is 12.4. The molecule has 0 spiro atoms. The van der Waals surface area contributed by atoms with Crippen molar-refractivity contribution in [2.75, 3.05) is 33.7 Å². The van der Waals surface area contributed by atoms with Crippen molar-refractivity contribution in [3.63, 3.8) is 0 Å². The molecular formula is C7H16N4O3S. The van der Waals surface area contributed by atoms with Gasteiger partial charge in [0.25, 0.3) is 10.2 Å². The number of nitrogens with one attached hydrogen (secondary N) is 1. The van der Waals surface area contributed by atoms with Crippen molar-refractivity contribution in [3.05, 3.63) is 0 Å². The summed E-state index contributed by atoms with van der Waals surface area (Å²) in [5.41, 5.74) is 0. The molecule has 0 radical (unpaired) electrons. The van der Waals surface area contributed by atoms with Gasteiger partial charge in [-0.25, -0.2) is 5.14 Å². The summed E-state index contributed by atoms with van der Waals surface area (Å²) < 4.78 is 23.5. The molecule has 1 rings (SSSR count). The van der Waals surface area contributed by atoms with Gasteiger partial charge in [0.2, 0.25) is 5.91 Å². The highest BCUT2D eigenvalue weighted by Gasteiger charge is 2.35. The molecule has 0 saturated carbocycles. The third-order valence-electron chi connectivity index (χ3n) is 2.25. The molecule has 0 bridgehead atoms. The molecule has 1 atom stereocenters. The van der Waals surface area contributed by atoms with Gasteiger partial charge in [-0.3, -0.25) is 4.79 Å². The normalized spacial score (nSPS) is 23.8. The molecule has 0 aromatic heterocycles. The summed E-state index contributed by atoms with van der Waals surface area (Å²) >= 11 is 0. The second-order valence-corrected chi connectivity index (χ2v) is 5.11. The van der Waals surface area contributed by atoms with Crippen molar-refractivity contribution in [2.24, 2.45) is 5.14 Å². The second-order valence-electron chi connectivity index (χ2n) is 3.61. The number of hydrogen-bond acceptors (Lipinski definition) is 4. The fourth-order valence-corrected chi connectivity index (χ4v) is 2.36. The summed E-state index contributed by atoms with van der Waals surface area (Å²) in [5.74, 6) is -0.267. The van der Waals surface area contributed by atoms with Gasteiger partial charge in [-0.15, -0.1) is 0 Å². The average Bonchev–Trinajstić information content (AvgIpc) is 2.15. The van der Waals surface area contributed by atoms with Crippen LogP contribution in [0.2, 0.25) is 0 Å². The minimum Gasteiger partial charge on any atom is -0.347 e. The lowest BCUT2D eigenvalue weighted by atomic mass is 10.2. The molecule has 1 aliphatic heterocycles. The fraction of sp³-hybridized carbons (Fsp3) is 0.857. The second kappa shape index (κ2) is 4.44. The molecule has 15 heavy (non-hydrogen) atoms. The number of piperazine rings is 1. The minimum absolute atomic E-state index is 0.225. The third kappa shape index (κ3) is 2.88. The Kier molecular flexibility index (Phi) is 3.66. The van der Waals surface area contributed by atoms with E-state index in [0.717, 1.165) is 4.31 Å². The van der Waals surface area contributed by atoms with Crippen LogP contribution in [0.1, 0.15) is 0 Å². The van der Waals surface area contributed by atoms with Crippen LogP contribution in [-0.2, 0) is 15.0 Å². The van der Waals surface area contributed by atoms with Crippen molar-refractivity contribution in [3.8, 4) is 0 Å². The maximum absolute atomic E-state index is 11.7. The topological polar surface area (TPSA) is 95.7 Å². The summed E-state index contributed by atoms with van der Waals surface area (Å²) in [6.45, 7) is 1.03. The Hall–Kier alpha value is -0.700. The Morgan fingerprint density at radius 2 is 2.13 bits per heavy atom. The van der Waals surface area contributed by atoms with Gasteiger partial charge in [-0.05, 0) is 0 Å². The Bertz CT molecular complexity index is 340. The zero-order chi connectivity index (χ0) is 11.6. The van der Waals surface area contributed by atoms with Crippen LogP contribution in [0.5, 0.6) is 0 Å². The summed E-state index contributed by atoms with van der Waals surface area (Å²) in [6, 6.07) is -0.733. The number of likely N-dealkylation sites (N-methyl/N-ethyl adjacent to an activating group) is 1. The highest BCUT2D eigenvalue weighted by molar-refractivity contribution is 7.86. The summed E-state index contributed by atoms with van der Waals surface area (Å²) in [7, 11) is -0.645. The molecule has 0 aromatic carbocycles. The molecule has 0 aromatic rings. The Labute approximate surface area is 89.4 Å². The minimum atomic E-state index is -3.81. The Morgan fingerprint density at radius 1 is 1.53 bits per heavy atom. The van der Waals surface area contributed by atoms with Gasteiger partial charge in [0.1, 0.15) is 6.04 Å². The lowest BCUT2D eigenvalue weighted by molar-refractivity contribution is -0.133. The Balaban J connectivity index is 2.89. The van der Waals surface area contributed by atoms with E-state index in [1.165, 1.54) is 4.90 Å². The zero-order valence-electron chi connectivity index (χ0n) is 8.80. The number of nitrogens with zero attached hydrogens (tertiary/aromatic N) is 2.